The van der Waals surface area contributed by atoms with Crippen molar-refractivity contribution in [2.45, 2.75) is 13.5 Å². The fourth-order valence-electron chi connectivity index (χ4n) is 3.35. The topological polar surface area (TPSA) is 85.2 Å². The summed E-state index contributed by atoms with van der Waals surface area (Å²) in [6.07, 6.45) is 3.32. The molecule has 0 bridgehead atoms. The highest BCUT2D eigenvalue weighted by Gasteiger charge is 2.11. The van der Waals surface area contributed by atoms with Gasteiger partial charge in [0.2, 0.25) is 0 Å². The average Bonchev–Trinajstić information content (AvgIpc) is 3.29. The summed E-state index contributed by atoms with van der Waals surface area (Å²) in [5.41, 5.74) is 4.35. The van der Waals surface area contributed by atoms with Crippen molar-refractivity contribution in [3.8, 4) is 5.75 Å². The third-order valence-electron chi connectivity index (χ3n) is 5.05. The van der Waals surface area contributed by atoms with Crippen LogP contribution in [0.4, 0.5) is 11.4 Å². The first-order valence-corrected chi connectivity index (χ1v) is 10.4. The van der Waals surface area contributed by atoms with Crippen molar-refractivity contribution in [1.29, 1.82) is 0 Å². The molecule has 7 nitrogen and oxygen atoms in total. The van der Waals surface area contributed by atoms with Gasteiger partial charge >= 0.3 is 0 Å². The van der Waals surface area contributed by atoms with Gasteiger partial charge < -0.3 is 19.9 Å². The first-order valence-electron chi connectivity index (χ1n) is 10.4. The van der Waals surface area contributed by atoms with Crippen molar-refractivity contribution in [2.24, 2.45) is 0 Å². The number of amides is 2. The molecule has 2 amide bonds. The molecule has 3 aromatic carbocycles. The first-order chi connectivity index (χ1) is 16.0. The molecule has 0 aliphatic rings. The molecule has 1 aromatic heterocycles. The quantitative estimate of drug-likeness (QED) is 0.434. The van der Waals surface area contributed by atoms with Gasteiger partial charge in [0.05, 0.1) is 13.4 Å². The maximum atomic E-state index is 12.5. The Balaban J connectivity index is 1.36. The van der Waals surface area contributed by atoms with Crippen LogP contribution in [0.1, 0.15) is 32.0 Å². The van der Waals surface area contributed by atoms with Gasteiger partial charge in [-0.15, -0.1) is 0 Å². The van der Waals surface area contributed by atoms with Crippen LogP contribution in [0, 0.1) is 6.92 Å². The highest BCUT2D eigenvalue weighted by atomic mass is 16.5. The molecule has 0 aliphatic heterocycles. The van der Waals surface area contributed by atoms with Gasteiger partial charge in [-0.3, -0.25) is 9.59 Å². The molecule has 4 aromatic rings. The Labute approximate surface area is 192 Å². The standard InChI is InChI=1S/C26H24N4O3/c1-18-5-3-6-20(13-18)25(31)28-21-11-9-19(10-12-21)15-30-16-24(27-17-30)26(32)29-22-7-4-8-23(14-22)33-2/h3-14,16-17H,15H2,1-2H3,(H,28,31)(H,29,32). The van der Waals surface area contributed by atoms with Crippen LogP contribution in [0.15, 0.2) is 85.3 Å². The lowest BCUT2D eigenvalue weighted by Crippen LogP contribution is -2.12. The minimum absolute atomic E-state index is 0.146. The molecule has 7 heteroatoms. The molecular weight excluding hydrogens is 416 g/mol. The second kappa shape index (κ2) is 9.82. The third kappa shape index (κ3) is 5.65. The Kier molecular flexibility index (Phi) is 6.50. The first kappa shape index (κ1) is 21.8. The lowest BCUT2D eigenvalue weighted by molar-refractivity contribution is 0.101. The number of hydrogen-bond donors (Lipinski definition) is 2. The Morgan fingerprint density at radius 3 is 2.42 bits per heavy atom. The summed E-state index contributed by atoms with van der Waals surface area (Å²) >= 11 is 0. The number of nitrogens with zero attached hydrogens (tertiary/aromatic N) is 2. The van der Waals surface area contributed by atoms with E-state index in [2.05, 4.69) is 15.6 Å². The van der Waals surface area contributed by atoms with Gasteiger partial charge in [0.1, 0.15) is 11.4 Å². The smallest absolute Gasteiger partial charge is 0.275 e. The van der Waals surface area contributed by atoms with Crippen molar-refractivity contribution >= 4 is 23.2 Å². The van der Waals surface area contributed by atoms with E-state index in [4.69, 9.17) is 4.74 Å². The van der Waals surface area contributed by atoms with Crippen molar-refractivity contribution in [1.82, 2.24) is 9.55 Å². The largest absolute Gasteiger partial charge is 0.497 e. The molecule has 2 N–H and O–H groups in total. The summed E-state index contributed by atoms with van der Waals surface area (Å²) in [7, 11) is 1.58. The normalized spacial score (nSPS) is 10.5. The van der Waals surface area contributed by atoms with E-state index in [1.54, 1.807) is 43.9 Å². The van der Waals surface area contributed by atoms with Crippen LogP contribution in [-0.2, 0) is 6.54 Å². The molecule has 4 rings (SSSR count). The van der Waals surface area contributed by atoms with Gasteiger partial charge in [0, 0.05) is 35.7 Å². The van der Waals surface area contributed by atoms with E-state index in [1.165, 1.54) is 0 Å². The van der Waals surface area contributed by atoms with Gasteiger partial charge in [-0.1, -0.05) is 35.9 Å². The maximum Gasteiger partial charge on any atom is 0.275 e. The van der Waals surface area contributed by atoms with Crippen LogP contribution in [-0.4, -0.2) is 28.5 Å². The van der Waals surface area contributed by atoms with Crippen molar-refractivity contribution in [3.05, 3.63) is 108 Å². The zero-order valence-electron chi connectivity index (χ0n) is 18.4. The molecule has 0 saturated carbocycles. The SMILES string of the molecule is COc1cccc(NC(=O)c2cn(Cc3ccc(NC(=O)c4cccc(C)c4)cc3)cn2)c1. The molecule has 0 unspecified atom stereocenters. The Hall–Kier alpha value is -4.39. The van der Waals surface area contributed by atoms with E-state index in [1.807, 2.05) is 60.0 Å². The lowest BCUT2D eigenvalue weighted by atomic mass is 10.1. The van der Waals surface area contributed by atoms with Gasteiger partial charge in [-0.05, 0) is 48.9 Å². The third-order valence-corrected chi connectivity index (χ3v) is 5.05. The van der Waals surface area contributed by atoms with Crippen LogP contribution in [0.2, 0.25) is 0 Å². The van der Waals surface area contributed by atoms with Crippen LogP contribution in [0.25, 0.3) is 0 Å². The zero-order chi connectivity index (χ0) is 23.2. The second-order valence-corrected chi connectivity index (χ2v) is 7.64. The van der Waals surface area contributed by atoms with Crippen LogP contribution < -0.4 is 15.4 Å². The summed E-state index contributed by atoms with van der Waals surface area (Å²) in [6, 6.07) is 22.2. The van der Waals surface area contributed by atoms with E-state index in [-0.39, 0.29) is 11.8 Å². The van der Waals surface area contributed by atoms with Gasteiger partial charge in [0.15, 0.2) is 0 Å². The van der Waals surface area contributed by atoms with Gasteiger partial charge in [-0.25, -0.2) is 4.98 Å². The number of anilines is 2. The lowest BCUT2D eigenvalue weighted by Gasteiger charge is -2.08. The molecule has 0 fully saturated rings. The molecule has 0 spiro atoms. The fraction of sp³-hybridized carbons (Fsp3) is 0.115. The molecule has 0 saturated heterocycles. The van der Waals surface area contributed by atoms with Crippen LogP contribution in [0.5, 0.6) is 5.75 Å². The molecule has 1 heterocycles. The van der Waals surface area contributed by atoms with Crippen molar-refractivity contribution in [2.75, 3.05) is 17.7 Å². The highest BCUT2D eigenvalue weighted by molar-refractivity contribution is 6.04. The van der Waals surface area contributed by atoms with Crippen molar-refractivity contribution < 1.29 is 14.3 Å². The summed E-state index contributed by atoms with van der Waals surface area (Å²) < 4.78 is 7.01. The fourth-order valence-corrected chi connectivity index (χ4v) is 3.35. The van der Waals surface area contributed by atoms with Crippen molar-refractivity contribution in [3.63, 3.8) is 0 Å². The monoisotopic (exact) mass is 440 g/mol. The molecule has 166 valence electrons. The van der Waals surface area contributed by atoms with Gasteiger partial charge in [0.25, 0.3) is 11.8 Å². The molecule has 0 radical (unpaired) electrons. The Bertz CT molecular complexity index is 1280. The number of methoxy groups -OCH3 is 1. The Morgan fingerprint density at radius 1 is 0.909 bits per heavy atom. The van der Waals surface area contributed by atoms with Gasteiger partial charge in [-0.2, -0.15) is 0 Å². The van der Waals surface area contributed by atoms with Crippen LogP contribution >= 0.6 is 0 Å². The zero-order valence-corrected chi connectivity index (χ0v) is 18.4. The minimum Gasteiger partial charge on any atom is -0.497 e. The number of carbonyl (C=O) groups is 2. The number of carbonyl (C=O) groups excluding carboxylic acids is 2. The number of rotatable bonds is 7. The molecule has 0 aliphatic carbocycles. The average molecular weight is 441 g/mol. The van der Waals surface area contributed by atoms with E-state index in [9.17, 15) is 9.59 Å². The number of ether oxygens (including phenoxy) is 1. The summed E-state index contributed by atoms with van der Waals surface area (Å²) in [5.74, 6) is 0.223. The van der Waals surface area contributed by atoms with E-state index >= 15 is 0 Å². The number of benzene rings is 3. The minimum atomic E-state index is -0.295. The number of aromatic nitrogens is 2. The number of imidazole rings is 1. The Morgan fingerprint density at radius 2 is 1.67 bits per heavy atom. The maximum absolute atomic E-state index is 12.5. The van der Waals surface area contributed by atoms with E-state index in [0.717, 1.165) is 11.1 Å². The molecule has 0 atom stereocenters. The van der Waals surface area contributed by atoms with E-state index < -0.39 is 0 Å². The number of nitrogens with one attached hydrogen (secondary N) is 2. The number of aryl methyl sites for hydroxylation is 1. The summed E-state index contributed by atoms with van der Waals surface area (Å²) in [6.45, 7) is 2.50. The summed E-state index contributed by atoms with van der Waals surface area (Å²) in [5, 5.41) is 5.72. The highest BCUT2D eigenvalue weighted by Crippen LogP contribution is 2.18. The molecule has 33 heavy (non-hydrogen) atoms. The predicted molar refractivity (Wildman–Crippen MR) is 128 cm³/mol. The van der Waals surface area contributed by atoms with E-state index in [0.29, 0.717) is 34.9 Å². The molecular formula is C26H24N4O3. The summed E-state index contributed by atoms with van der Waals surface area (Å²) in [4.78, 5) is 29.1. The number of hydrogen-bond acceptors (Lipinski definition) is 4. The van der Waals surface area contributed by atoms with Crippen LogP contribution in [0.3, 0.4) is 0 Å². The second-order valence-electron chi connectivity index (χ2n) is 7.64. The predicted octanol–water partition coefficient (Wildman–Crippen LogP) is 4.75.